The van der Waals surface area contributed by atoms with Crippen LogP contribution in [0.3, 0.4) is 0 Å². The highest BCUT2D eigenvalue weighted by atomic mass is 15.3. The molecule has 142 valence electrons. The Morgan fingerprint density at radius 2 is 1.96 bits per heavy atom. The molecule has 28 heavy (non-hydrogen) atoms. The standard InChI is InChI=1S/C22H24N6/c1-2-24-22(25-15-19-8-5-7-18(13-19)14-23)26-16-20-9-3-4-10-21(20)17-28-12-6-11-27-28/h3-13H,2,15-17H2,1H3,(H2,24,25,26). The molecule has 6 heteroatoms. The van der Waals surface area contributed by atoms with Crippen LogP contribution in [0.15, 0.2) is 72.0 Å². The van der Waals surface area contributed by atoms with Gasteiger partial charge in [0.05, 0.1) is 24.7 Å². The van der Waals surface area contributed by atoms with E-state index < -0.39 is 0 Å². The van der Waals surface area contributed by atoms with E-state index >= 15 is 0 Å². The van der Waals surface area contributed by atoms with Gasteiger partial charge in [-0.1, -0.05) is 36.4 Å². The van der Waals surface area contributed by atoms with E-state index in [0.29, 0.717) is 18.7 Å². The second-order valence-corrected chi connectivity index (χ2v) is 6.33. The van der Waals surface area contributed by atoms with Crippen LogP contribution in [0.2, 0.25) is 0 Å². The number of benzene rings is 2. The molecule has 0 fully saturated rings. The zero-order valence-corrected chi connectivity index (χ0v) is 16.0. The number of nitrogens with one attached hydrogen (secondary N) is 2. The van der Waals surface area contributed by atoms with Crippen LogP contribution in [-0.4, -0.2) is 22.3 Å². The average molecular weight is 372 g/mol. The summed E-state index contributed by atoms with van der Waals surface area (Å²) in [6.07, 6.45) is 3.75. The van der Waals surface area contributed by atoms with Crippen LogP contribution in [0, 0.1) is 11.3 Å². The number of hydrogen-bond acceptors (Lipinski definition) is 3. The van der Waals surface area contributed by atoms with E-state index in [9.17, 15) is 0 Å². The molecule has 0 spiro atoms. The van der Waals surface area contributed by atoms with Crippen LogP contribution in [0.25, 0.3) is 0 Å². The minimum Gasteiger partial charge on any atom is -0.357 e. The van der Waals surface area contributed by atoms with Crippen LogP contribution < -0.4 is 10.6 Å². The largest absolute Gasteiger partial charge is 0.357 e. The van der Waals surface area contributed by atoms with Gasteiger partial charge in [-0.25, -0.2) is 4.99 Å². The maximum atomic E-state index is 9.04. The summed E-state index contributed by atoms with van der Waals surface area (Å²) in [5, 5.41) is 20.0. The van der Waals surface area contributed by atoms with Gasteiger partial charge < -0.3 is 10.6 Å². The number of aromatic nitrogens is 2. The Kier molecular flexibility index (Phi) is 6.80. The van der Waals surface area contributed by atoms with Gasteiger partial charge in [-0.2, -0.15) is 10.4 Å². The van der Waals surface area contributed by atoms with E-state index in [1.807, 2.05) is 54.2 Å². The topological polar surface area (TPSA) is 78.0 Å². The number of nitriles is 1. The Balaban J connectivity index is 1.67. The van der Waals surface area contributed by atoms with Crippen molar-refractivity contribution in [2.24, 2.45) is 4.99 Å². The van der Waals surface area contributed by atoms with Crippen molar-refractivity contribution in [1.82, 2.24) is 20.4 Å². The molecule has 0 radical (unpaired) electrons. The zero-order valence-electron chi connectivity index (χ0n) is 16.0. The second-order valence-electron chi connectivity index (χ2n) is 6.33. The Hall–Kier alpha value is -3.59. The highest BCUT2D eigenvalue weighted by Gasteiger charge is 2.05. The summed E-state index contributed by atoms with van der Waals surface area (Å²) in [6, 6.07) is 19.9. The monoisotopic (exact) mass is 372 g/mol. The quantitative estimate of drug-likeness (QED) is 0.494. The molecule has 0 atom stereocenters. The Labute approximate surface area is 165 Å². The first-order chi connectivity index (χ1) is 13.8. The predicted octanol–water partition coefficient (Wildman–Crippen LogP) is 3.06. The van der Waals surface area contributed by atoms with Gasteiger partial charge in [-0.05, 0) is 41.8 Å². The van der Waals surface area contributed by atoms with Crippen molar-refractivity contribution in [2.75, 3.05) is 6.54 Å². The minimum absolute atomic E-state index is 0.514. The van der Waals surface area contributed by atoms with Crippen LogP contribution in [0.4, 0.5) is 0 Å². The first kappa shape index (κ1) is 19.2. The molecule has 1 aromatic heterocycles. The summed E-state index contributed by atoms with van der Waals surface area (Å²) in [5.41, 5.74) is 4.08. The third-order valence-corrected chi connectivity index (χ3v) is 4.28. The van der Waals surface area contributed by atoms with Crippen molar-refractivity contribution < 1.29 is 0 Å². The predicted molar refractivity (Wildman–Crippen MR) is 111 cm³/mol. The van der Waals surface area contributed by atoms with Crippen LogP contribution in [0.5, 0.6) is 0 Å². The maximum absolute atomic E-state index is 9.04. The lowest BCUT2D eigenvalue weighted by Crippen LogP contribution is -2.37. The van der Waals surface area contributed by atoms with Crippen molar-refractivity contribution in [1.29, 1.82) is 5.26 Å². The van der Waals surface area contributed by atoms with E-state index in [2.05, 4.69) is 38.9 Å². The van der Waals surface area contributed by atoms with Gasteiger partial charge in [-0.15, -0.1) is 0 Å². The molecule has 0 aliphatic heterocycles. The molecular formula is C22H24N6. The Morgan fingerprint density at radius 1 is 1.11 bits per heavy atom. The SMILES string of the molecule is CCNC(=NCc1cccc(C#N)c1)NCc1ccccc1Cn1cccn1. The summed E-state index contributed by atoms with van der Waals surface area (Å²) in [5.74, 6) is 0.749. The van der Waals surface area contributed by atoms with Crippen LogP contribution in [0.1, 0.15) is 29.2 Å². The average Bonchev–Trinajstić information content (AvgIpc) is 3.24. The van der Waals surface area contributed by atoms with Gasteiger partial charge in [0, 0.05) is 25.5 Å². The molecular weight excluding hydrogens is 348 g/mol. The molecule has 0 saturated heterocycles. The van der Waals surface area contributed by atoms with Gasteiger partial charge in [0.25, 0.3) is 0 Å². The highest BCUT2D eigenvalue weighted by molar-refractivity contribution is 5.79. The van der Waals surface area contributed by atoms with E-state index in [-0.39, 0.29) is 0 Å². The van der Waals surface area contributed by atoms with Crippen molar-refractivity contribution in [3.63, 3.8) is 0 Å². The van der Waals surface area contributed by atoms with Crippen molar-refractivity contribution in [2.45, 2.75) is 26.6 Å². The fraction of sp³-hybridized carbons (Fsp3) is 0.227. The summed E-state index contributed by atoms with van der Waals surface area (Å²) < 4.78 is 1.92. The molecule has 2 aromatic carbocycles. The number of aliphatic imine (C=N–C) groups is 1. The second kappa shape index (κ2) is 9.93. The fourth-order valence-electron chi connectivity index (χ4n) is 2.88. The smallest absolute Gasteiger partial charge is 0.191 e. The summed E-state index contributed by atoms with van der Waals surface area (Å²) in [4.78, 5) is 4.65. The molecule has 0 aliphatic rings. The van der Waals surface area contributed by atoms with Crippen molar-refractivity contribution >= 4 is 5.96 Å². The number of nitrogens with zero attached hydrogens (tertiary/aromatic N) is 4. The van der Waals surface area contributed by atoms with E-state index in [0.717, 1.165) is 24.6 Å². The lowest BCUT2D eigenvalue weighted by atomic mass is 10.1. The normalized spacial score (nSPS) is 11.1. The van der Waals surface area contributed by atoms with Gasteiger partial charge in [0.2, 0.25) is 0 Å². The molecule has 1 heterocycles. The third-order valence-electron chi connectivity index (χ3n) is 4.28. The fourth-order valence-corrected chi connectivity index (χ4v) is 2.88. The lowest BCUT2D eigenvalue weighted by molar-refractivity contribution is 0.677. The molecule has 0 saturated carbocycles. The molecule has 0 bridgehead atoms. The summed E-state index contributed by atoms with van der Waals surface area (Å²) >= 11 is 0. The molecule has 2 N–H and O–H groups in total. The minimum atomic E-state index is 0.514. The molecule has 0 unspecified atom stereocenters. The van der Waals surface area contributed by atoms with Crippen LogP contribution >= 0.6 is 0 Å². The first-order valence-corrected chi connectivity index (χ1v) is 9.34. The number of hydrogen-bond donors (Lipinski definition) is 2. The summed E-state index contributed by atoms with van der Waals surface area (Å²) in [6.45, 7) is 4.74. The zero-order chi connectivity index (χ0) is 19.6. The molecule has 0 amide bonds. The number of rotatable bonds is 7. The van der Waals surface area contributed by atoms with E-state index in [1.165, 1.54) is 11.1 Å². The van der Waals surface area contributed by atoms with Gasteiger partial charge in [0.15, 0.2) is 5.96 Å². The summed E-state index contributed by atoms with van der Waals surface area (Å²) in [7, 11) is 0. The number of guanidine groups is 1. The van der Waals surface area contributed by atoms with Crippen LogP contribution in [-0.2, 0) is 19.6 Å². The Morgan fingerprint density at radius 3 is 2.71 bits per heavy atom. The molecule has 0 aliphatic carbocycles. The third kappa shape index (κ3) is 5.45. The van der Waals surface area contributed by atoms with Gasteiger partial charge >= 0.3 is 0 Å². The van der Waals surface area contributed by atoms with Gasteiger partial charge in [0.1, 0.15) is 0 Å². The maximum Gasteiger partial charge on any atom is 0.191 e. The van der Waals surface area contributed by atoms with Crippen molar-refractivity contribution in [3.8, 4) is 6.07 Å². The van der Waals surface area contributed by atoms with E-state index in [4.69, 9.17) is 5.26 Å². The molecule has 6 nitrogen and oxygen atoms in total. The molecule has 3 aromatic rings. The Bertz CT molecular complexity index is 953. The molecule has 3 rings (SSSR count). The van der Waals surface area contributed by atoms with Crippen molar-refractivity contribution in [3.05, 3.63) is 89.2 Å². The first-order valence-electron chi connectivity index (χ1n) is 9.34. The van der Waals surface area contributed by atoms with Gasteiger partial charge in [-0.3, -0.25) is 4.68 Å². The van der Waals surface area contributed by atoms with E-state index in [1.54, 1.807) is 12.3 Å². The lowest BCUT2D eigenvalue weighted by Gasteiger charge is -2.14. The highest BCUT2D eigenvalue weighted by Crippen LogP contribution is 2.10.